The summed E-state index contributed by atoms with van der Waals surface area (Å²) in [5.41, 5.74) is 4.53. The van der Waals surface area contributed by atoms with Crippen molar-refractivity contribution in [1.82, 2.24) is 4.90 Å². The Balaban J connectivity index is 1.60. The Morgan fingerprint density at radius 2 is 1.19 bits per heavy atom. The second-order valence-electron chi connectivity index (χ2n) is 10.8. The van der Waals surface area contributed by atoms with E-state index in [1.807, 2.05) is 30.3 Å². The Hall–Kier alpha value is -2.60. The molecule has 0 amide bonds. The minimum absolute atomic E-state index is 0.0913. The Kier molecular flexibility index (Phi) is 9.47. The van der Waals surface area contributed by atoms with Gasteiger partial charge in [-0.25, -0.2) is 0 Å². The van der Waals surface area contributed by atoms with Crippen molar-refractivity contribution >= 4 is 22.0 Å². The molecule has 0 aliphatic carbocycles. The summed E-state index contributed by atoms with van der Waals surface area (Å²) in [5.74, 6) is 0.925. The zero-order valence-corrected chi connectivity index (χ0v) is 25.3. The fourth-order valence-electron chi connectivity index (χ4n) is 4.66. The molecule has 0 radical (unpaired) electrons. The maximum absolute atomic E-state index is 11.6. The van der Waals surface area contributed by atoms with Gasteiger partial charge in [0.2, 0.25) is 0 Å². The van der Waals surface area contributed by atoms with E-state index in [-0.39, 0.29) is 6.04 Å². The number of nitrogens with zero attached hydrogens (tertiary/aromatic N) is 1. The molecule has 4 aromatic carbocycles. The van der Waals surface area contributed by atoms with Gasteiger partial charge in [-0.2, -0.15) is 0 Å². The molecule has 0 fully saturated rings. The van der Waals surface area contributed by atoms with E-state index in [2.05, 4.69) is 106 Å². The van der Waals surface area contributed by atoms with Crippen LogP contribution in [-0.2, 0) is 19.7 Å². The molecule has 2 atom stereocenters. The molecule has 4 heteroatoms. The van der Waals surface area contributed by atoms with E-state index < -0.39 is 24.5 Å². The van der Waals surface area contributed by atoms with Crippen LogP contribution < -0.4 is 8.32 Å². The Bertz CT molecular complexity index is 1200. The number of hydrogen-bond donors (Lipinski definition) is 1. The summed E-state index contributed by atoms with van der Waals surface area (Å²) >= 11 is -2.44. The van der Waals surface area contributed by atoms with Crippen molar-refractivity contribution < 1.29 is 9.84 Å². The van der Waals surface area contributed by atoms with E-state index in [0.29, 0.717) is 6.61 Å². The van der Waals surface area contributed by atoms with Crippen molar-refractivity contribution in [2.24, 2.45) is 0 Å². The van der Waals surface area contributed by atoms with Crippen LogP contribution in [0.5, 0.6) is 5.75 Å². The second kappa shape index (κ2) is 12.8. The van der Waals surface area contributed by atoms with Gasteiger partial charge in [0.25, 0.3) is 0 Å². The molecule has 192 valence electrons. The molecule has 0 bridgehead atoms. The normalized spacial score (nSPS) is 13.4. The summed E-state index contributed by atoms with van der Waals surface area (Å²) in [6.45, 7) is 4.18. The van der Waals surface area contributed by atoms with E-state index in [1.54, 1.807) is 0 Å². The van der Waals surface area contributed by atoms with Gasteiger partial charge in [0.1, 0.15) is 0 Å². The van der Waals surface area contributed by atoms with Crippen LogP contribution in [0.3, 0.4) is 0 Å². The SMILES string of the molecule is C[C@@H]([C@H](O)c1cc[c]([Sn]([CH3])([CH3])[CH3])c(OCc2ccccc2)c1)N(Cc1ccccc1)Cc1ccccc1. The first-order valence-electron chi connectivity index (χ1n) is 13.1. The van der Waals surface area contributed by atoms with Gasteiger partial charge in [-0.1, -0.05) is 0 Å². The fraction of sp³-hybridized carbons (Fsp3) is 0.273. The topological polar surface area (TPSA) is 32.7 Å². The molecule has 0 spiro atoms. The average molecular weight is 600 g/mol. The molecule has 4 aromatic rings. The summed E-state index contributed by atoms with van der Waals surface area (Å²) in [7, 11) is 0. The Morgan fingerprint density at radius 1 is 0.703 bits per heavy atom. The van der Waals surface area contributed by atoms with Crippen LogP contribution in [0.2, 0.25) is 14.8 Å². The quantitative estimate of drug-likeness (QED) is 0.190. The third-order valence-corrected chi connectivity index (χ3v) is 12.7. The molecule has 0 heterocycles. The summed E-state index contributed by atoms with van der Waals surface area (Å²) in [6.07, 6.45) is -0.643. The van der Waals surface area contributed by atoms with Gasteiger partial charge in [-0.05, 0) is 0 Å². The maximum atomic E-state index is 11.6. The summed E-state index contributed by atoms with van der Waals surface area (Å²) in [5, 5.41) is 11.6. The van der Waals surface area contributed by atoms with E-state index in [1.165, 1.54) is 14.7 Å². The molecule has 0 aromatic heterocycles. The van der Waals surface area contributed by atoms with Crippen molar-refractivity contribution in [1.29, 1.82) is 0 Å². The van der Waals surface area contributed by atoms with Gasteiger partial charge in [-0.3, -0.25) is 0 Å². The average Bonchev–Trinajstić information content (AvgIpc) is 2.92. The molecule has 1 N–H and O–H groups in total. The molecule has 0 aliphatic heterocycles. The van der Waals surface area contributed by atoms with Gasteiger partial charge in [0.15, 0.2) is 0 Å². The molecule has 37 heavy (non-hydrogen) atoms. The zero-order valence-electron chi connectivity index (χ0n) is 22.5. The van der Waals surface area contributed by atoms with Crippen LogP contribution in [0.15, 0.2) is 109 Å². The number of aliphatic hydroxyl groups excluding tert-OH is 1. The van der Waals surface area contributed by atoms with Crippen molar-refractivity contribution in [3.05, 3.63) is 131 Å². The van der Waals surface area contributed by atoms with E-state index in [4.69, 9.17) is 4.74 Å². The zero-order chi connectivity index (χ0) is 26.3. The Morgan fingerprint density at radius 3 is 1.68 bits per heavy atom. The van der Waals surface area contributed by atoms with Crippen LogP contribution in [0.25, 0.3) is 0 Å². The molecule has 3 nitrogen and oxygen atoms in total. The minimum atomic E-state index is -2.44. The molecule has 0 saturated heterocycles. The number of ether oxygens (including phenoxy) is 1. The third kappa shape index (κ3) is 7.70. The van der Waals surface area contributed by atoms with Crippen molar-refractivity contribution in [3.63, 3.8) is 0 Å². The van der Waals surface area contributed by atoms with Crippen LogP contribution in [-0.4, -0.2) is 34.4 Å². The van der Waals surface area contributed by atoms with E-state index >= 15 is 0 Å². The second-order valence-corrected chi connectivity index (χ2v) is 25.2. The first kappa shape index (κ1) is 27.4. The fourth-order valence-corrected chi connectivity index (χ4v) is 8.84. The molecular weight excluding hydrogens is 561 g/mol. The van der Waals surface area contributed by atoms with Crippen LogP contribution in [0, 0.1) is 0 Å². The summed E-state index contributed by atoms with van der Waals surface area (Å²) in [4.78, 5) is 9.56. The van der Waals surface area contributed by atoms with Crippen LogP contribution in [0.4, 0.5) is 0 Å². The van der Waals surface area contributed by atoms with Gasteiger partial charge in [0.05, 0.1) is 0 Å². The van der Waals surface area contributed by atoms with Gasteiger partial charge in [-0.15, -0.1) is 0 Å². The predicted octanol–water partition coefficient (Wildman–Crippen LogP) is 6.94. The molecule has 4 rings (SSSR count). The van der Waals surface area contributed by atoms with Gasteiger partial charge < -0.3 is 0 Å². The number of benzene rings is 4. The van der Waals surface area contributed by atoms with Crippen LogP contribution in [0.1, 0.15) is 35.3 Å². The first-order chi connectivity index (χ1) is 17.8. The van der Waals surface area contributed by atoms with Crippen molar-refractivity contribution in [2.45, 2.75) is 53.6 Å². The molecular formula is C33H39NO2Sn. The standard InChI is InChI=1S/C30H30NO2.3CH3.Sn/c1-24(31(21-25-12-5-2-6-13-25)22-26-14-7-3-8-15-26)30(32)28-18-11-19-29(20-28)33-23-27-16-9-4-10-17-27;;;;/h2-18,20,24,30,32H,21-23H2,1H3;3*1H3;/t24-,30-;;;;/m0..../s1. The van der Waals surface area contributed by atoms with Crippen molar-refractivity contribution in [3.8, 4) is 5.75 Å². The summed E-state index contributed by atoms with van der Waals surface area (Å²) in [6, 6.07) is 37.6. The monoisotopic (exact) mass is 601 g/mol. The number of hydrogen-bond acceptors (Lipinski definition) is 3. The molecule has 0 aliphatic rings. The predicted molar refractivity (Wildman–Crippen MR) is 157 cm³/mol. The van der Waals surface area contributed by atoms with E-state index in [0.717, 1.165) is 30.0 Å². The molecule has 0 saturated carbocycles. The number of rotatable bonds is 11. The van der Waals surface area contributed by atoms with E-state index in [9.17, 15) is 5.11 Å². The van der Waals surface area contributed by atoms with Crippen molar-refractivity contribution in [2.75, 3.05) is 0 Å². The van der Waals surface area contributed by atoms with Gasteiger partial charge in [0, 0.05) is 0 Å². The Labute approximate surface area is 226 Å². The summed E-state index contributed by atoms with van der Waals surface area (Å²) < 4.78 is 7.75. The molecule has 0 unspecified atom stereocenters. The first-order valence-corrected chi connectivity index (χ1v) is 23.1. The number of aliphatic hydroxyl groups is 1. The van der Waals surface area contributed by atoms with Gasteiger partial charge >= 0.3 is 227 Å². The third-order valence-electron chi connectivity index (χ3n) is 6.88. The van der Waals surface area contributed by atoms with Crippen LogP contribution >= 0.6 is 0 Å².